The van der Waals surface area contributed by atoms with Gasteiger partial charge in [0.05, 0.1) is 7.11 Å². The number of methoxy groups -OCH3 is 1. The van der Waals surface area contributed by atoms with Crippen molar-refractivity contribution < 1.29 is 9.53 Å². The molecule has 0 bridgehead atoms. The molecule has 0 saturated heterocycles. The molecule has 0 aliphatic rings. The number of carbonyl (C=O) groups excluding carboxylic acids is 1. The van der Waals surface area contributed by atoms with Gasteiger partial charge in [-0.2, -0.15) is 0 Å². The maximum Gasteiger partial charge on any atom is 0.164 e. The van der Waals surface area contributed by atoms with Gasteiger partial charge in [0.1, 0.15) is 5.75 Å². The van der Waals surface area contributed by atoms with E-state index in [9.17, 15) is 4.79 Å². The van der Waals surface area contributed by atoms with E-state index in [1.807, 2.05) is 26.0 Å². The van der Waals surface area contributed by atoms with E-state index in [0.29, 0.717) is 13.0 Å². The zero-order chi connectivity index (χ0) is 14.6. The highest BCUT2D eigenvalue weighted by molar-refractivity contribution is 5.98. The maximum atomic E-state index is 12.2. The fraction of sp³-hybridized carbons (Fsp3) is 0.562. The van der Waals surface area contributed by atoms with Crippen LogP contribution in [0, 0.1) is 13.8 Å². The zero-order valence-electron chi connectivity index (χ0n) is 12.9. The summed E-state index contributed by atoms with van der Waals surface area (Å²) in [6, 6.07) is 3.85. The van der Waals surface area contributed by atoms with E-state index in [2.05, 4.69) is 26.1 Å². The minimum Gasteiger partial charge on any atom is -0.496 e. The zero-order valence-corrected chi connectivity index (χ0v) is 12.9. The van der Waals surface area contributed by atoms with Crippen LogP contribution in [0.3, 0.4) is 0 Å². The van der Waals surface area contributed by atoms with Crippen molar-refractivity contribution in [1.29, 1.82) is 0 Å². The van der Waals surface area contributed by atoms with Gasteiger partial charge in [-0.3, -0.25) is 4.79 Å². The third-order valence-corrected chi connectivity index (χ3v) is 3.05. The van der Waals surface area contributed by atoms with Crippen molar-refractivity contribution in [2.75, 3.05) is 13.7 Å². The van der Waals surface area contributed by atoms with E-state index < -0.39 is 0 Å². The van der Waals surface area contributed by atoms with Crippen molar-refractivity contribution in [2.24, 2.45) is 0 Å². The van der Waals surface area contributed by atoms with Crippen LogP contribution in [0.4, 0.5) is 0 Å². The first-order valence-corrected chi connectivity index (χ1v) is 6.68. The first kappa shape index (κ1) is 15.7. The van der Waals surface area contributed by atoms with Crippen molar-refractivity contribution in [1.82, 2.24) is 5.32 Å². The fourth-order valence-corrected chi connectivity index (χ4v) is 2.00. The highest BCUT2D eigenvalue weighted by Gasteiger charge is 2.14. The van der Waals surface area contributed by atoms with Crippen molar-refractivity contribution in [3.05, 3.63) is 28.8 Å². The molecule has 0 unspecified atom stereocenters. The molecule has 0 amide bonds. The molecule has 1 aromatic rings. The van der Waals surface area contributed by atoms with Gasteiger partial charge >= 0.3 is 0 Å². The molecule has 0 atom stereocenters. The molecule has 1 aromatic carbocycles. The second-order valence-corrected chi connectivity index (χ2v) is 5.99. The Hall–Kier alpha value is -1.35. The monoisotopic (exact) mass is 263 g/mol. The standard InChI is InChI=1S/C16H25NO2/c1-11-10-15(19-6)12(2)9-13(11)14(18)7-8-17-16(3,4)5/h9-10,17H,7-8H2,1-6H3. The SMILES string of the molecule is COc1cc(C)c(C(=O)CCNC(C)(C)C)cc1C. The molecule has 0 fully saturated rings. The molecule has 0 radical (unpaired) electrons. The first-order chi connectivity index (χ1) is 8.74. The van der Waals surface area contributed by atoms with Crippen LogP contribution in [0.25, 0.3) is 0 Å². The number of ketones is 1. The number of benzene rings is 1. The molecule has 1 rings (SSSR count). The Balaban J connectivity index is 2.75. The number of nitrogens with one attached hydrogen (secondary N) is 1. The van der Waals surface area contributed by atoms with Gasteiger partial charge in [-0.15, -0.1) is 0 Å². The summed E-state index contributed by atoms with van der Waals surface area (Å²) < 4.78 is 5.26. The molecule has 106 valence electrons. The third-order valence-electron chi connectivity index (χ3n) is 3.05. The maximum absolute atomic E-state index is 12.2. The highest BCUT2D eigenvalue weighted by atomic mass is 16.5. The van der Waals surface area contributed by atoms with Gasteiger partial charge in [-0.25, -0.2) is 0 Å². The molecule has 0 aromatic heterocycles. The topological polar surface area (TPSA) is 38.3 Å². The Morgan fingerprint density at radius 3 is 2.37 bits per heavy atom. The average molecular weight is 263 g/mol. The van der Waals surface area contributed by atoms with Gasteiger partial charge in [0.25, 0.3) is 0 Å². The van der Waals surface area contributed by atoms with Gasteiger partial charge < -0.3 is 10.1 Å². The number of hydrogen-bond donors (Lipinski definition) is 1. The molecule has 1 N–H and O–H groups in total. The molecular formula is C16H25NO2. The lowest BCUT2D eigenvalue weighted by molar-refractivity contribution is 0.0980. The van der Waals surface area contributed by atoms with E-state index >= 15 is 0 Å². The Kier molecular flexibility index (Phi) is 5.12. The summed E-state index contributed by atoms with van der Waals surface area (Å²) in [4.78, 5) is 12.2. The summed E-state index contributed by atoms with van der Waals surface area (Å²) in [5.41, 5.74) is 2.82. The van der Waals surface area contributed by atoms with E-state index in [-0.39, 0.29) is 11.3 Å². The summed E-state index contributed by atoms with van der Waals surface area (Å²) in [7, 11) is 1.65. The predicted octanol–water partition coefficient (Wildman–Crippen LogP) is 3.27. The number of carbonyl (C=O) groups is 1. The lowest BCUT2D eigenvalue weighted by Crippen LogP contribution is -2.37. The number of hydrogen-bond acceptors (Lipinski definition) is 3. The van der Waals surface area contributed by atoms with E-state index in [1.165, 1.54) is 0 Å². The number of rotatable bonds is 5. The quantitative estimate of drug-likeness (QED) is 0.829. The lowest BCUT2D eigenvalue weighted by Gasteiger charge is -2.20. The molecule has 19 heavy (non-hydrogen) atoms. The number of aryl methyl sites for hydroxylation is 2. The Labute approximate surface area is 116 Å². The summed E-state index contributed by atoms with van der Waals surface area (Å²) >= 11 is 0. The smallest absolute Gasteiger partial charge is 0.164 e. The van der Waals surface area contributed by atoms with Crippen LogP contribution >= 0.6 is 0 Å². The second-order valence-electron chi connectivity index (χ2n) is 5.99. The molecule has 0 aliphatic carbocycles. The van der Waals surface area contributed by atoms with Crippen molar-refractivity contribution in [3.63, 3.8) is 0 Å². The summed E-state index contributed by atoms with van der Waals surface area (Å²) in [5, 5.41) is 3.33. The van der Waals surface area contributed by atoms with Crippen LogP contribution < -0.4 is 10.1 Å². The molecule has 3 heteroatoms. The Morgan fingerprint density at radius 1 is 1.21 bits per heavy atom. The minimum atomic E-state index is 0.0468. The number of Topliss-reactive ketones (excluding diaryl/α,β-unsaturated/α-hetero) is 1. The van der Waals surface area contributed by atoms with Gasteiger partial charge in [0.15, 0.2) is 5.78 Å². The largest absolute Gasteiger partial charge is 0.496 e. The lowest BCUT2D eigenvalue weighted by atomic mass is 9.99. The Bertz CT molecular complexity index is 459. The van der Waals surface area contributed by atoms with E-state index in [1.54, 1.807) is 7.11 Å². The average Bonchev–Trinajstić information content (AvgIpc) is 2.29. The second kappa shape index (κ2) is 6.20. The summed E-state index contributed by atoms with van der Waals surface area (Å²) in [5.74, 6) is 1.02. The minimum absolute atomic E-state index is 0.0468. The van der Waals surface area contributed by atoms with Crippen molar-refractivity contribution in [2.45, 2.75) is 46.6 Å². The van der Waals surface area contributed by atoms with Crippen LogP contribution in [0.5, 0.6) is 5.75 Å². The van der Waals surface area contributed by atoms with Crippen LogP contribution in [0.2, 0.25) is 0 Å². The predicted molar refractivity (Wildman–Crippen MR) is 79.2 cm³/mol. The summed E-state index contributed by atoms with van der Waals surface area (Å²) in [6.45, 7) is 10.9. The molecular weight excluding hydrogens is 238 g/mol. The summed E-state index contributed by atoms with van der Waals surface area (Å²) in [6.07, 6.45) is 0.518. The number of ether oxygens (including phenoxy) is 1. The Morgan fingerprint density at radius 2 is 1.84 bits per heavy atom. The van der Waals surface area contributed by atoms with Crippen LogP contribution in [0.15, 0.2) is 12.1 Å². The first-order valence-electron chi connectivity index (χ1n) is 6.68. The molecule has 3 nitrogen and oxygen atoms in total. The molecule has 0 heterocycles. The molecule has 0 saturated carbocycles. The van der Waals surface area contributed by atoms with E-state index in [4.69, 9.17) is 4.74 Å². The van der Waals surface area contributed by atoms with Crippen LogP contribution in [-0.4, -0.2) is 25.0 Å². The van der Waals surface area contributed by atoms with Gasteiger partial charge in [0.2, 0.25) is 0 Å². The van der Waals surface area contributed by atoms with Crippen molar-refractivity contribution in [3.8, 4) is 5.75 Å². The van der Waals surface area contributed by atoms with E-state index in [0.717, 1.165) is 22.4 Å². The fourth-order valence-electron chi connectivity index (χ4n) is 2.00. The van der Waals surface area contributed by atoms with Gasteiger partial charge in [-0.05, 0) is 57.9 Å². The van der Waals surface area contributed by atoms with Crippen LogP contribution in [0.1, 0.15) is 48.7 Å². The van der Waals surface area contributed by atoms with Gasteiger partial charge in [-0.1, -0.05) is 0 Å². The normalized spacial score (nSPS) is 11.5. The third kappa shape index (κ3) is 4.67. The molecule has 0 spiro atoms. The van der Waals surface area contributed by atoms with Gasteiger partial charge in [0, 0.05) is 24.1 Å². The highest BCUT2D eigenvalue weighted by Crippen LogP contribution is 2.23. The molecule has 0 aliphatic heterocycles. The van der Waals surface area contributed by atoms with Crippen molar-refractivity contribution >= 4 is 5.78 Å². The van der Waals surface area contributed by atoms with Crippen LogP contribution in [-0.2, 0) is 0 Å².